The Kier molecular flexibility index (Phi) is 7.89. The smallest absolute Gasteiger partial charge is 0.296 e. The van der Waals surface area contributed by atoms with Gasteiger partial charge in [-0.3, -0.25) is 13.7 Å². The molecule has 0 aliphatic heterocycles. The second kappa shape index (κ2) is 10.9. The molecule has 0 amide bonds. The number of phenolic OH excluding ortho intramolecular Hbond substituents is 1. The fourth-order valence-corrected chi connectivity index (χ4v) is 5.63. The summed E-state index contributed by atoms with van der Waals surface area (Å²) in [6, 6.07) is 13.6. The molecule has 0 bridgehead atoms. The van der Waals surface area contributed by atoms with Crippen LogP contribution in [0.2, 0.25) is 0 Å². The summed E-state index contributed by atoms with van der Waals surface area (Å²) in [4.78, 5) is -2.15. The Hall–Kier alpha value is -4.33. The van der Waals surface area contributed by atoms with Crippen molar-refractivity contribution in [1.29, 1.82) is 0 Å². The van der Waals surface area contributed by atoms with Gasteiger partial charge in [0.25, 0.3) is 30.4 Å². The van der Waals surface area contributed by atoms with Crippen LogP contribution in [-0.2, 0) is 30.4 Å². The van der Waals surface area contributed by atoms with E-state index in [1.807, 2.05) is 0 Å². The first kappa shape index (κ1) is 29.6. The van der Waals surface area contributed by atoms with Crippen molar-refractivity contribution >= 4 is 69.6 Å². The molecule has 0 fully saturated rings. The van der Waals surface area contributed by atoms with Crippen LogP contribution in [0, 0.1) is 0 Å². The third-order valence-electron chi connectivity index (χ3n) is 5.55. The van der Waals surface area contributed by atoms with Gasteiger partial charge >= 0.3 is 0 Å². The van der Waals surface area contributed by atoms with Gasteiger partial charge in [-0.15, -0.1) is 20.5 Å². The lowest BCUT2D eigenvalue weighted by Gasteiger charge is -2.13. The molecule has 41 heavy (non-hydrogen) atoms. The van der Waals surface area contributed by atoms with Gasteiger partial charge in [-0.25, -0.2) is 0 Å². The number of benzene rings is 4. The van der Waals surface area contributed by atoms with Gasteiger partial charge in [0.2, 0.25) is 0 Å². The summed E-state index contributed by atoms with van der Waals surface area (Å²) >= 11 is 0. The van der Waals surface area contributed by atoms with E-state index < -0.39 is 62.2 Å². The zero-order chi connectivity index (χ0) is 30.2. The summed E-state index contributed by atoms with van der Waals surface area (Å²) in [7, 11) is -13.0. The fraction of sp³-hybridized carbons (Fsp3) is 0.0435. The molecule has 4 aromatic carbocycles. The highest BCUT2D eigenvalue weighted by molar-refractivity contribution is 7.86. The molecule has 0 unspecified atom stereocenters. The molecule has 0 saturated heterocycles. The molecule has 18 heteroatoms. The molecule has 0 radical (unpaired) electrons. The SMILES string of the molecule is CNc1ccc2c(O)c(N=Nc3ccccc3S(=O)(=O)O)c(S(=O)(=O)O)cc2c1N=Nc1ccccc1S(=O)(=O)O. The van der Waals surface area contributed by atoms with Crippen molar-refractivity contribution in [2.45, 2.75) is 14.7 Å². The Morgan fingerprint density at radius 2 is 1.05 bits per heavy atom. The molecule has 5 N–H and O–H groups in total. The lowest BCUT2D eigenvalue weighted by molar-refractivity contribution is 0.472. The van der Waals surface area contributed by atoms with Gasteiger partial charge in [0.15, 0.2) is 5.75 Å². The summed E-state index contributed by atoms with van der Waals surface area (Å²) in [5.41, 5.74) is -1.27. The Bertz CT molecular complexity index is 2080. The molecule has 0 spiro atoms. The van der Waals surface area contributed by atoms with Crippen molar-refractivity contribution in [1.82, 2.24) is 0 Å². The molecule has 0 atom stereocenters. The minimum Gasteiger partial charge on any atom is -0.505 e. The molecule has 0 aliphatic carbocycles. The number of phenols is 1. The summed E-state index contributed by atoms with van der Waals surface area (Å²) < 4.78 is 100. The maximum atomic E-state index is 12.3. The minimum atomic E-state index is -5.11. The molecular formula is C23H19N5O10S3. The molecule has 0 aromatic heterocycles. The van der Waals surface area contributed by atoms with E-state index in [1.54, 1.807) is 0 Å². The van der Waals surface area contributed by atoms with E-state index in [0.29, 0.717) is 0 Å². The van der Waals surface area contributed by atoms with Gasteiger partial charge in [0, 0.05) is 17.8 Å². The summed E-state index contributed by atoms with van der Waals surface area (Å²) in [5.74, 6) is -0.805. The second-order valence-corrected chi connectivity index (χ2v) is 12.3. The fourth-order valence-electron chi connectivity index (χ4n) is 3.73. The topological polar surface area (TPSA) is 245 Å². The highest BCUT2D eigenvalue weighted by Gasteiger charge is 2.25. The van der Waals surface area contributed by atoms with Crippen molar-refractivity contribution in [2.24, 2.45) is 20.5 Å². The Labute approximate surface area is 233 Å². The summed E-state index contributed by atoms with van der Waals surface area (Å²) in [6.07, 6.45) is 0. The molecule has 4 aromatic rings. The number of rotatable bonds is 8. The van der Waals surface area contributed by atoms with E-state index in [0.717, 1.165) is 24.3 Å². The number of aromatic hydroxyl groups is 1. The first-order valence-corrected chi connectivity index (χ1v) is 15.4. The number of fused-ring (bicyclic) bond motifs is 1. The maximum absolute atomic E-state index is 12.3. The van der Waals surface area contributed by atoms with Crippen LogP contribution in [0.25, 0.3) is 10.8 Å². The maximum Gasteiger partial charge on any atom is 0.296 e. The van der Waals surface area contributed by atoms with Gasteiger partial charge in [0.1, 0.15) is 37.4 Å². The quantitative estimate of drug-likeness (QED) is 0.127. The largest absolute Gasteiger partial charge is 0.505 e. The number of hydrogen-bond acceptors (Lipinski definition) is 12. The average molecular weight is 622 g/mol. The Morgan fingerprint density at radius 1 is 0.585 bits per heavy atom. The van der Waals surface area contributed by atoms with Gasteiger partial charge in [-0.05, 0) is 42.5 Å². The van der Waals surface area contributed by atoms with Crippen molar-refractivity contribution in [3.63, 3.8) is 0 Å². The molecule has 4 rings (SSSR count). The van der Waals surface area contributed by atoms with Crippen LogP contribution in [-0.4, -0.2) is 51.1 Å². The van der Waals surface area contributed by atoms with Crippen LogP contribution in [0.5, 0.6) is 5.75 Å². The lowest BCUT2D eigenvalue weighted by atomic mass is 10.1. The van der Waals surface area contributed by atoms with Crippen LogP contribution < -0.4 is 5.32 Å². The van der Waals surface area contributed by atoms with Crippen LogP contribution in [0.1, 0.15) is 0 Å². The van der Waals surface area contributed by atoms with Crippen LogP contribution >= 0.6 is 0 Å². The van der Waals surface area contributed by atoms with Gasteiger partial charge in [-0.1, -0.05) is 24.3 Å². The molecular weight excluding hydrogens is 602 g/mol. The van der Waals surface area contributed by atoms with Crippen LogP contribution in [0.4, 0.5) is 28.4 Å². The van der Waals surface area contributed by atoms with Crippen molar-refractivity contribution < 1.29 is 44.0 Å². The minimum absolute atomic E-state index is 0.0644. The third-order valence-corrected chi connectivity index (χ3v) is 8.22. The van der Waals surface area contributed by atoms with Gasteiger partial charge in [-0.2, -0.15) is 25.3 Å². The molecule has 0 saturated carbocycles. The first-order chi connectivity index (χ1) is 19.1. The standard InChI is InChI=1S/C23H19N5O10S3/c1-24-17-11-10-13-14(21(17)27-25-15-6-2-4-8-18(15)39(30,31)32)12-20(41(36,37)38)22(23(13)29)28-26-16-7-3-5-9-19(16)40(33,34)35/h2-12,24,29H,1H3,(H,30,31,32)(H,33,34,35)(H,36,37,38). The van der Waals surface area contributed by atoms with Crippen molar-refractivity contribution in [2.75, 3.05) is 12.4 Å². The Morgan fingerprint density at radius 3 is 1.51 bits per heavy atom. The van der Waals surface area contributed by atoms with Gasteiger partial charge in [0.05, 0.1) is 5.69 Å². The predicted molar refractivity (Wildman–Crippen MR) is 146 cm³/mol. The number of hydrogen-bond donors (Lipinski definition) is 5. The number of nitrogens with zero attached hydrogens (tertiary/aromatic N) is 4. The van der Waals surface area contributed by atoms with E-state index >= 15 is 0 Å². The molecule has 214 valence electrons. The normalized spacial score (nSPS) is 12.9. The van der Waals surface area contributed by atoms with E-state index in [4.69, 9.17) is 0 Å². The van der Waals surface area contributed by atoms with Crippen LogP contribution in [0.15, 0.2) is 102 Å². The predicted octanol–water partition coefficient (Wildman–Crippen LogP) is 5.16. The summed E-state index contributed by atoms with van der Waals surface area (Å²) in [6.45, 7) is 0. The highest BCUT2D eigenvalue weighted by Crippen LogP contribution is 2.46. The van der Waals surface area contributed by atoms with E-state index in [-0.39, 0.29) is 27.8 Å². The van der Waals surface area contributed by atoms with Gasteiger partial charge < -0.3 is 10.4 Å². The highest BCUT2D eigenvalue weighted by atomic mass is 32.2. The zero-order valence-electron chi connectivity index (χ0n) is 20.6. The Balaban J connectivity index is 1.98. The molecule has 15 nitrogen and oxygen atoms in total. The van der Waals surface area contributed by atoms with E-state index in [2.05, 4.69) is 25.8 Å². The number of azo groups is 2. The van der Waals surface area contributed by atoms with E-state index in [9.17, 15) is 44.0 Å². The monoisotopic (exact) mass is 621 g/mol. The number of nitrogens with one attached hydrogen (secondary N) is 1. The van der Waals surface area contributed by atoms with Crippen molar-refractivity contribution in [3.8, 4) is 5.75 Å². The average Bonchev–Trinajstić information content (AvgIpc) is 2.89. The zero-order valence-corrected chi connectivity index (χ0v) is 23.1. The first-order valence-electron chi connectivity index (χ1n) is 11.1. The van der Waals surface area contributed by atoms with Crippen LogP contribution in [0.3, 0.4) is 0 Å². The van der Waals surface area contributed by atoms with E-state index in [1.165, 1.54) is 49.5 Å². The second-order valence-electron chi connectivity index (χ2n) is 8.14. The van der Waals surface area contributed by atoms with Crippen molar-refractivity contribution in [3.05, 3.63) is 66.7 Å². The molecule has 0 aliphatic rings. The third kappa shape index (κ3) is 6.21. The number of anilines is 1. The summed E-state index contributed by atoms with van der Waals surface area (Å²) in [5, 5.41) is 28.9. The molecule has 0 heterocycles. The lowest BCUT2D eigenvalue weighted by Crippen LogP contribution is -2.00.